The Morgan fingerprint density at radius 2 is 2.15 bits per heavy atom. The van der Waals surface area contributed by atoms with Crippen molar-refractivity contribution in [2.24, 2.45) is 5.41 Å². The molecule has 3 rings (SSSR count). The van der Waals surface area contributed by atoms with Crippen LogP contribution in [0.15, 0.2) is 0 Å². The Bertz CT molecular complexity index is 245. The Morgan fingerprint density at radius 3 is 2.77 bits per heavy atom. The summed E-state index contributed by atoms with van der Waals surface area (Å²) >= 11 is 0. The van der Waals surface area contributed by atoms with Crippen molar-refractivity contribution in [2.45, 2.75) is 51.4 Å². The highest BCUT2D eigenvalue weighted by Crippen LogP contribution is 2.57. The van der Waals surface area contributed by atoms with Gasteiger partial charge in [-0.25, -0.2) is 0 Å². The monoisotopic (exact) mass is 181 g/mol. The third-order valence-corrected chi connectivity index (χ3v) is 4.30. The second-order valence-corrected chi connectivity index (χ2v) is 5.82. The Kier molecular flexibility index (Phi) is 1.34. The summed E-state index contributed by atoms with van der Waals surface area (Å²) in [5, 5.41) is 0. The van der Waals surface area contributed by atoms with Gasteiger partial charge in [0.25, 0.3) is 0 Å². The topological polar surface area (TPSA) is 15.8 Å². The van der Waals surface area contributed by atoms with Crippen LogP contribution in [0, 0.1) is 5.41 Å². The van der Waals surface area contributed by atoms with Gasteiger partial charge >= 0.3 is 0 Å². The van der Waals surface area contributed by atoms with Crippen molar-refractivity contribution in [1.82, 2.24) is 4.90 Å². The molecule has 0 bridgehead atoms. The third kappa shape index (κ3) is 0.816. The average Bonchev–Trinajstić information content (AvgIpc) is 2.55. The van der Waals surface area contributed by atoms with Crippen molar-refractivity contribution < 1.29 is 4.74 Å². The minimum Gasteiger partial charge on any atom is -0.366 e. The average molecular weight is 181 g/mol. The molecule has 2 heteroatoms. The molecule has 0 spiro atoms. The second-order valence-electron chi connectivity index (χ2n) is 5.82. The summed E-state index contributed by atoms with van der Waals surface area (Å²) in [7, 11) is 0. The molecule has 0 N–H and O–H groups in total. The van der Waals surface area contributed by atoms with E-state index < -0.39 is 0 Å². The summed E-state index contributed by atoms with van der Waals surface area (Å²) in [4.78, 5) is 2.69. The highest BCUT2D eigenvalue weighted by molar-refractivity contribution is 5.21. The van der Waals surface area contributed by atoms with Gasteiger partial charge in [0.05, 0.1) is 11.6 Å². The van der Waals surface area contributed by atoms with E-state index in [1.165, 1.54) is 25.9 Å². The lowest BCUT2D eigenvalue weighted by Gasteiger charge is -2.45. The van der Waals surface area contributed by atoms with Gasteiger partial charge < -0.3 is 4.74 Å². The fraction of sp³-hybridized carbons (Fsp3) is 1.00. The first-order chi connectivity index (χ1) is 6.06. The van der Waals surface area contributed by atoms with E-state index in [0.717, 1.165) is 0 Å². The van der Waals surface area contributed by atoms with Crippen molar-refractivity contribution in [3.8, 4) is 0 Å². The number of rotatable bonds is 0. The van der Waals surface area contributed by atoms with E-state index in [-0.39, 0.29) is 0 Å². The van der Waals surface area contributed by atoms with Crippen LogP contribution in [0.3, 0.4) is 0 Å². The van der Waals surface area contributed by atoms with Crippen molar-refractivity contribution in [3.63, 3.8) is 0 Å². The fourth-order valence-corrected chi connectivity index (χ4v) is 3.67. The molecule has 3 aliphatic heterocycles. The summed E-state index contributed by atoms with van der Waals surface area (Å²) in [5.74, 6) is 0. The molecule has 3 fully saturated rings. The minimum absolute atomic E-state index is 0.374. The van der Waals surface area contributed by atoms with E-state index >= 15 is 0 Å². The molecule has 74 valence electrons. The largest absolute Gasteiger partial charge is 0.366 e. The zero-order chi connectivity index (χ0) is 9.27. The van der Waals surface area contributed by atoms with Crippen LogP contribution < -0.4 is 0 Å². The first kappa shape index (κ1) is 8.25. The maximum atomic E-state index is 5.75. The predicted octanol–water partition coefficient (Wildman–Crippen LogP) is 1.65. The third-order valence-electron chi connectivity index (χ3n) is 4.30. The van der Waals surface area contributed by atoms with Crippen LogP contribution in [0.4, 0.5) is 0 Å². The minimum atomic E-state index is 0.374. The number of epoxide rings is 1. The van der Waals surface area contributed by atoms with Crippen molar-refractivity contribution in [1.29, 1.82) is 0 Å². The molecule has 0 aliphatic carbocycles. The van der Waals surface area contributed by atoms with E-state index in [9.17, 15) is 0 Å². The first-order valence-electron chi connectivity index (χ1n) is 5.46. The van der Waals surface area contributed by atoms with Crippen molar-refractivity contribution in [2.75, 3.05) is 13.1 Å². The quantitative estimate of drug-likeness (QED) is 0.528. The summed E-state index contributed by atoms with van der Waals surface area (Å²) in [6, 6.07) is 0. The number of morpholine rings is 1. The van der Waals surface area contributed by atoms with Gasteiger partial charge in [-0.05, 0) is 24.8 Å². The maximum Gasteiger partial charge on any atom is 0.104 e. The normalized spacial score (nSPS) is 49.2. The van der Waals surface area contributed by atoms with E-state index in [0.29, 0.717) is 23.2 Å². The number of hydrogen-bond acceptors (Lipinski definition) is 2. The molecule has 3 saturated heterocycles. The van der Waals surface area contributed by atoms with Crippen LogP contribution >= 0.6 is 0 Å². The highest BCUT2D eigenvalue weighted by Gasteiger charge is 2.69. The molecule has 2 nitrogen and oxygen atoms in total. The SMILES string of the molecule is CC(C)(C)C12CCCN1CC1OC12. The molecule has 0 amide bonds. The van der Waals surface area contributed by atoms with Gasteiger partial charge in [-0.1, -0.05) is 20.8 Å². The standard InChI is InChI=1S/C11H19NO/c1-10(2,3)11-5-4-6-12(11)7-8-9(11)13-8/h8-9H,4-7H2,1-3H3. The molecular weight excluding hydrogens is 162 g/mol. The molecule has 3 atom stereocenters. The molecule has 3 unspecified atom stereocenters. The van der Waals surface area contributed by atoms with Gasteiger partial charge in [-0.15, -0.1) is 0 Å². The van der Waals surface area contributed by atoms with E-state index in [1.54, 1.807) is 0 Å². The summed E-state index contributed by atoms with van der Waals surface area (Å²) in [6.07, 6.45) is 3.86. The summed E-state index contributed by atoms with van der Waals surface area (Å²) in [5.41, 5.74) is 0.761. The van der Waals surface area contributed by atoms with Gasteiger partial charge in [0, 0.05) is 6.54 Å². The second kappa shape index (κ2) is 2.12. The Balaban J connectivity index is 2.01. The zero-order valence-electron chi connectivity index (χ0n) is 8.84. The van der Waals surface area contributed by atoms with E-state index in [2.05, 4.69) is 25.7 Å². The Labute approximate surface area is 80.2 Å². The summed E-state index contributed by atoms with van der Waals surface area (Å²) in [6.45, 7) is 9.61. The van der Waals surface area contributed by atoms with Gasteiger partial charge in [-0.2, -0.15) is 0 Å². The lowest BCUT2D eigenvalue weighted by Crippen LogP contribution is -2.54. The lowest BCUT2D eigenvalue weighted by molar-refractivity contribution is 0.00321. The Hall–Kier alpha value is -0.0800. The number of fused-ring (bicyclic) bond motifs is 3. The van der Waals surface area contributed by atoms with Crippen molar-refractivity contribution >= 4 is 0 Å². The zero-order valence-corrected chi connectivity index (χ0v) is 8.84. The van der Waals surface area contributed by atoms with Crippen LogP contribution in [-0.4, -0.2) is 35.7 Å². The van der Waals surface area contributed by atoms with Crippen LogP contribution in [0.25, 0.3) is 0 Å². The smallest absolute Gasteiger partial charge is 0.104 e. The summed E-state index contributed by atoms with van der Waals surface area (Å²) < 4.78 is 5.75. The van der Waals surface area contributed by atoms with Gasteiger partial charge in [0.15, 0.2) is 0 Å². The number of nitrogens with zero attached hydrogens (tertiary/aromatic N) is 1. The predicted molar refractivity (Wildman–Crippen MR) is 51.7 cm³/mol. The number of ether oxygens (including phenoxy) is 1. The van der Waals surface area contributed by atoms with Crippen molar-refractivity contribution in [3.05, 3.63) is 0 Å². The van der Waals surface area contributed by atoms with Crippen LogP contribution in [0.2, 0.25) is 0 Å². The van der Waals surface area contributed by atoms with Crippen LogP contribution in [-0.2, 0) is 4.74 Å². The Morgan fingerprint density at radius 1 is 1.38 bits per heavy atom. The van der Waals surface area contributed by atoms with E-state index in [1.807, 2.05) is 0 Å². The maximum absolute atomic E-state index is 5.75. The molecule has 0 aromatic rings. The molecule has 3 aliphatic rings. The van der Waals surface area contributed by atoms with Gasteiger partial charge in [-0.3, -0.25) is 4.90 Å². The van der Waals surface area contributed by atoms with Gasteiger partial charge in [0.1, 0.15) is 6.10 Å². The molecule has 0 saturated carbocycles. The molecule has 0 aromatic carbocycles. The fourth-order valence-electron chi connectivity index (χ4n) is 3.67. The van der Waals surface area contributed by atoms with Crippen LogP contribution in [0.5, 0.6) is 0 Å². The van der Waals surface area contributed by atoms with Gasteiger partial charge in [0.2, 0.25) is 0 Å². The number of hydrogen-bond donors (Lipinski definition) is 0. The highest BCUT2D eigenvalue weighted by atomic mass is 16.6. The first-order valence-corrected chi connectivity index (χ1v) is 5.46. The molecule has 13 heavy (non-hydrogen) atoms. The molecular formula is C11H19NO. The molecule has 0 radical (unpaired) electrons. The molecule has 3 heterocycles. The molecule has 0 aromatic heterocycles. The van der Waals surface area contributed by atoms with E-state index in [4.69, 9.17) is 4.74 Å². The lowest BCUT2D eigenvalue weighted by atomic mass is 9.70. The van der Waals surface area contributed by atoms with Crippen LogP contribution in [0.1, 0.15) is 33.6 Å².